The highest BCUT2D eigenvalue weighted by Gasteiger charge is 2.23. The highest BCUT2D eigenvalue weighted by atomic mass is 19.1. The second-order valence-electron chi connectivity index (χ2n) is 4.46. The van der Waals surface area contributed by atoms with Crippen LogP contribution in [0.1, 0.15) is 24.3 Å². The molecule has 0 aliphatic rings. The molecule has 2 amide bonds. The summed E-state index contributed by atoms with van der Waals surface area (Å²) in [5.41, 5.74) is 0.367. The van der Waals surface area contributed by atoms with Gasteiger partial charge in [0.1, 0.15) is 11.6 Å². The fourth-order valence-corrected chi connectivity index (χ4v) is 1.85. The second kappa shape index (κ2) is 6.69. The van der Waals surface area contributed by atoms with E-state index in [1.807, 2.05) is 0 Å². The summed E-state index contributed by atoms with van der Waals surface area (Å²) in [6.45, 7) is 1.34. The zero-order valence-electron chi connectivity index (χ0n) is 11.4. The van der Waals surface area contributed by atoms with Crippen molar-refractivity contribution in [3.63, 3.8) is 0 Å². The topological polar surface area (TPSA) is 71.3 Å². The van der Waals surface area contributed by atoms with E-state index >= 15 is 0 Å². The normalized spacial score (nSPS) is 11.7. The van der Waals surface area contributed by atoms with E-state index in [0.29, 0.717) is 11.3 Å². The second-order valence-corrected chi connectivity index (χ2v) is 4.46. The summed E-state index contributed by atoms with van der Waals surface area (Å²) in [4.78, 5) is 23.3. The van der Waals surface area contributed by atoms with Crippen molar-refractivity contribution in [1.29, 1.82) is 0 Å². The number of amides is 2. The number of hydrogen-bond donors (Lipinski definition) is 2. The van der Waals surface area contributed by atoms with Gasteiger partial charge in [-0.15, -0.1) is 0 Å². The van der Waals surface area contributed by atoms with Crippen LogP contribution in [0.2, 0.25) is 0 Å². The largest absolute Gasteiger partial charge is 0.467 e. The van der Waals surface area contributed by atoms with Crippen LogP contribution < -0.4 is 10.6 Å². The van der Waals surface area contributed by atoms with Crippen LogP contribution in [0, 0.1) is 5.82 Å². The highest BCUT2D eigenvalue weighted by Crippen LogP contribution is 2.14. The first-order chi connectivity index (χ1) is 10.1. The van der Waals surface area contributed by atoms with Gasteiger partial charge >= 0.3 is 0 Å². The van der Waals surface area contributed by atoms with Gasteiger partial charge in [0.05, 0.1) is 6.26 Å². The molecule has 0 bridgehead atoms. The molecule has 1 heterocycles. The van der Waals surface area contributed by atoms with Gasteiger partial charge in [-0.25, -0.2) is 4.39 Å². The van der Waals surface area contributed by atoms with Gasteiger partial charge in [-0.3, -0.25) is 9.59 Å². The van der Waals surface area contributed by atoms with Gasteiger partial charge in [-0.1, -0.05) is 18.2 Å². The smallest absolute Gasteiger partial charge is 0.250 e. The maximum absolute atomic E-state index is 13.5. The molecule has 5 nitrogen and oxygen atoms in total. The maximum Gasteiger partial charge on any atom is 0.250 e. The third-order valence-corrected chi connectivity index (χ3v) is 2.85. The first-order valence-electron chi connectivity index (χ1n) is 6.39. The van der Waals surface area contributed by atoms with E-state index in [9.17, 15) is 14.0 Å². The van der Waals surface area contributed by atoms with Crippen molar-refractivity contribution in [3.05, 3.63) is 59.8 Å². The molecule has 0 saturated heterocycles. The Morgan fingerprint density at radius 3 is 2.62 bits per heavy atom. The fraction of sp³-hybridized carbons (Fsp3) is 0.200. The zero-order valence-corrected chi connectivity index (χ0v) is 11.4. The predicted octanol–water partition coefficient (Wildman–Crippen LogP) is 1.91. The molecule has 0 radical (unpaired) electrons. The molecule has 21 heavy (non-hydrogen) atoms. The molecule has 110 valence electrons. The number of halogens is 1. The number of rotatable bonds is 5. The molecule has 0 saturated carbocycles. The third kappa shape index (κ3) is 3.92. The van der Waals surface area contributed by atoms with Crippen molar-refractivity contribution >= 4 is 11.8 Å². The summed E-state index contributed by atoms with van der Waals surface area (Å²) in [5, 5.41) is 5.07. The third-order valence-electron chi connectivity index (χ3n) is 2.85. The Balaban J connectivity index is 2.05. The van der Waals surface area contributed by atoms with E-state index in [2.05, 4.69) is 10.6 Å². The van der Waals surface area contributed by atoms with Gasteiger partial charge in [-0.05, 0) is 18.2 Å². The minimum Gasteiger partial charge on any atom is -0.467 e. The van der Waals surface area contributed by atoms with E-state index < -0.39 is 17.8 Å². The molecule has 0 fully saturated rings. The van der Waals surface area contributed by atoms with E-state index in [4.69, 9.17) is 4.42 Å². The van der Waals surface area contributed by atoms with Crippen LogP contribution in [0.4, 0.5) is 4.39 Å². The number of hydrogen-bond acceptors (Lipinski definition) is 3. The number of benzene rings is 1. The van der Waals surface area contributed by atoms with Crippen LogP contribution in [0.15, 0.2) is 47.1 Å². The van der Waals surface area contributed by atoms with Crippen LogP contribution in [0.5, 0.6) is 0 Å². The standard InChI is InChI=1S/C15H15FN2O3/c1-10(19)18-14(13-7-4-8-21-13)15(20)17-9-11-5-2-3-6-12(11)16/h2-8,14H,9H2,1H3,(H,17,20)(H,18,19)/t14-/m0/s1. The van der Waals surface area contributed by atoms with Gasteiger partial charge in [0.25, 0.3) is 5.91 Å². The minimum absolute atomic E-state index is 0.0301. The Morgan fingerprint density at radius 2 is 2.00 bits per heavy atom. The van der Waals surface area contributed by atoms with Crippen molar-refractivity contribution in [2.75, 3.05) is 0 Å². The maximum atomic E-state index is 13.5. The van der Waals surface area contributed by atoms with Crippen molar-refractivity contribution in [1.82, 2.24) is 10.6 Å². The Kier molecular flexibility index (Phi) is 4.71. The lowest BCUT2D eigenvalue weighted by molar-refractivity contribution is -0.128. The molecule has 0 unspecified atom stereocenters. The molecule has 6 heteroatoms. The number of carbonyl (C=O) groups excluding carboxylic acids is 2. The molecule has 2 N–H and O–H groups in total. The number of furan rings is 1. The molecule has 1 atom stereocenters. The Bertz CT molecular complexity index is 626. The number of nitrogens with one attached hydrogen (secondary N) is 2. The Hall–Kier alpha value is -2.63. The molecule has 2 aromatic rings. The molecule has 0 spiro atoms. The van der Waals surface area contributed by atoms with Crippen LogP contribution in [0.25, 0.3) is 0 Å². The van der Waals surface area contributed by atoms with Crippen LogP contribution in [-0.2, 0) is 16.1 Å². The summed E-state index contributed by atoms with van der Waals surface area (Å²) in [6.07, 6.45) is 1.41. The van der Waals surface area contributed by atoms with Crippen molar-refractivity contribution in [2.45, 2.75) is 19.5 Å². The predicted molar refractivity (Wildman–Crippen MR) is 73.5 cm³/mol. The highest BCUT2D eigenvalue weighted by molar-refractivity contribution is 5.87. The summed E-state index contributed by atoms with van der Waals surface area (Å²) < 4.78 is 18.6. The van der Waals surface area contributed by atoms with Crippen LogP contribution in [0.3, 0.4) is 0 Å². The lowest BCUT2D eigenvalue weighted by atomic mass is 10.1. The minimum atomic E-state index is -0.940. The average Bonchev–Trinajstić information content (AvgIpc) is 2.97. The molecule has 1 aromatic heterocycles. The average molecular weight is 290 g/mol. The lowest BCUT2D eigenvalue weighted by Gasteiger charge is -2.15. The molecule has 0 aliphatic carbocycles. The van der Waals surface area contributed by atoms with Crippen molar-refractivity contribution in [2.24, 2.45) is 0 Å². The molecule has 1 aromatic carbocycles. The molecule has 0 aliphatic heterocycles. The first-order valence-corrected chi connectivity index (χ1v) is 6.39. The van der Waals surface area contributed by atoms with Gasteiger partial charge in [0.15, 0.2) is 6.04 Å². The van der Waals surface area contributed by atoms with E-state index in [0.717, 1.165) is 0 Å². The summed E-state index contributed by atoms with van der Waals surface area (Å²) in [5.74, 6) is -0.913. The molecule has 2 rings (SSSR count). The van der Waals surface area contributed by atoms with Gasteiger partial charge in [0.2, 0.25) is 5.91 Å². The van der Waals surface area contributed by atoms with E-state index in [-0.39, 0.29) is 12.5 Å². The van der Waals surface area contributed by atoms with Gasteiger partial charge in [0, 0.05) is 19.0 Å². The summed E-state index contributed by atoms with van der Waals surface area (Å²) in [6, 6.07) is 8.42. The monoisotopic (exact) mass is 290 g/mol. The fourth-order valence-electron chi connectivity index (χ4n) is 1.85. The number of carbonyl (C=O) groups is 2. The lowest BCUT2D eigenvalue weighted by Crippen LogP contribution is -2.39. The molecular weight excluding hydrogens is 275 g/mol. The quantitative estimate of drug-likeness (QED) is 0.883. The summed E-state index contributed by atoms with van der Waals surface area (Å²) >= 11 is 0. The van der Waals surface area contributed by atoms with E-state index in [1.54, 1.807) is 30.3 Å². The SMILES string of the molecule is CC(=O)N[C@H](C(=O)NCc1ccccc1F)c1ccco1. The van der Waals surface area contributed by atoms with Gasteiger partial charge < -0.3 is 15.1 Å². The Labute approximate surface area is 121 Å². The van der Waals surface area contributed by atoms with Crippen molar-refractivity contribution < 1.29 is 18.4 Å². The zero-order chi connectivity index (χ0) is 15.2. The molecular formula is C15H15FN2O3. The van der Waals surface area contributed by atoms with Gasteiger partial charge in [-0.2, -0.15) is 0 Å². The first kappa shape index (κ1) is 14.8. The van der Waals surface area contributed by atoms with Crippen LogP contribution >= 0.6 is 0 Å². The van der Waals surface area contributed by atoms with Crippen LogP contribution in [-0.4, -0.2) is 11.8 Å². The van der Waals surface area contributed by atoms with Crippen molar-refractivity contribution in [3.8, 4) is 0 Å². The summed E-state index contributed by atoms with van der Waals surface area (Å²) in [7, 11) is 0. The Morgan fingerprint density at radius 1 is 1.24 bits per heavy atom. The van der Waals surface area contributed by atoms with E-state index in [1.165, 1.54) is 19.3 Å².